The fourth-order valence-corrected chi connectivity index (χ4v) is 5.98. The molecular formula is C15H25NO6S2. The number of rotatable bonds is 5. The van der Waals surface area contributed by atoms with Gasteiger partial charge < -0.3 is 14.7 Å². The van der Waals surface area contributed by atoms with E-state index in [9.17, 15) is 23.1 Å². The molecule has 0 bridgehead atoms. The Balaban J connectivity index is 1.98. The Morgan fingerprint density at radius 3 is 2.50 bits per heavy atom. The molecule has 2 fully saturated rings. The summed E-state index contributed by atoms with van der Waals surface area (Å²) in [5.74, 6) is 0.200. The highest BCUT2D eigenvalue weighted by molar-refractivity contribution is 7.99. The first kappa shape index (κ1) is 19.5. The van der Waals surface area contributed by atoms with E-state index in [4.69, 9.17) is 4.74 Å². The van der Waals surface area contributed by atoms with Crippen molar-refractivity contribution in [2.45, 2.75) is 50.9 Å². The van der Waals surface area contributed by atoms with Gasteiger partial charge in [-0.05, 0) is 44.6 Å². The first-order valence-electron chi connectivity index (χ1n) is 8.20. The molecule has 0 aliphatic carbocycles. The molecule has 1 N–H and O–H groups in total. The van der Waals surface area contributed by atoms with Crippen LogP contribution in [0.4, 0.5) is 0 Å². The van der Waals surface area contributed by atoms with E-state index in [1.807, 2.05) is 0 Å². The van der Waals surface area contributed by atoms with Gasteiger partial charge >= 0.3 is 5.97 Å². The lowest BCUT2D eigenvalue weighted by atomic mass is 9.97. The van der Waals surface area contributed by atoms with Crippen molar-refractivity contribution in [2.75, 3.05) is 29.6 Å². The summed E-state index contributed by atoms with van der Waals surface area (Å²) in [6.07, 6.45) is -0.00527. The second-order valence-corrected chi connectivity index (χ2v) is 9.83. The average molecular weight is 380 g/mol. The fraction of sp³-hybridized carbons (Fsp3) is 0.867. The minimum Gasteiger partial charge on any atom is -0.450 e. The second-order valence-electron chi connectivity index (χ2n) is 6.37. The molecule has 0 aromatic rings. The molecule has 138 valence electrons. The van der Waals surface area contributed by atoms with Crippen molar-refractivity contribution in [1.82, 2.24) is 4.90 Å². The first-order valence-corrected chi connectivity index (χ1v) is 11.2. The van der Waals surface area contributed by atoms with Crippen LogP contribution in [0.2, 0.25) is 0 Å². The van der Waals surface area contributed by atoms with Crippen molar-refractivity contribution in [1.29, 1.82) is 0 Å². The van der Waals surface area contributed by atoms with Crippen molar-refractivity contribution in [3.8, 4) is 0 Å². The molecule has 2 unspecified atom stereocenters. The van der Waals surface area contributed by atoms with Crippen molar-refractivity contribution in [3.63, 3.8) is 0 Å². The summed E-state index contributed by atoms with van der Waals surface area (Å²) in [6, 6.07) is -0.372. The summed E-state index contributed by atoms with van der Waals surface area (Å²) in [5.41, 5.74) is -1.52. The molecule has 9 heteroatoms. The topological polar surface area (TPSA) is 101 Å². The van der Waals surface area contributed by atoms with E-state index in [0.717, 1.165) is 0 Å². The average Bonchev–Trinajstić information content (AvgIpc) is 2.88. The number of likely N-dealkylation sites (N-methyl/N-ethyl adjacent to an activating group) is 1. The highest BCUT2D eigenvalue weighted by Gasteiger charge is 2.42. The molecule has 2 heterocycles. The number of hydrogen-bond donors (Lipinski definition) is 1. The third-order valence-corrected chi connectivity index (χ3v) is 7.34. The van der Waals surface area contributed by atoms with Crippen LogP contribution in [0.25, 0.3) is 0 Å². The predicted molar refractivity (Wildman–Crippen MR) is 91.5 cm³/mol. The quantitative estimate of drug-likeness (QED) is 0.682. The Morgan fingerprint density at radius 2 is 2.00 bits per heavy atom. The zero-order valence-corrected chi connectivity index (χ0v) is 15.7. The predicted octanol–water partition coefficient (Wildman–Crippen LogP) is 0.212. The van der Waals surface area contributed by atoms with E-state index in [0.29, 0.717) is 37.3 Å². The molecule has 1 amide bonds. The molecule has 2 aliphatic heterocycles. The standard InChI is InChI=1S/C15H25NO6S2/c1-3-16(12-4-9-24(20,21)10-12)13(17)11(2)22-14(18)15(19)5-7-23-8-6-15/h11-12,19H,3-10H2,1-2H3. The molecule has 2 aliphatic rings. The smallest absolute Gasteiger partial charge is 0.338 e. The molecule has 7 nitrogen and oxygen atoms in total. The number of esters is 1. The van der Waals surface area contributed by atoms with Gasteiger partial charge in [-0.25, -0.2) is 13.2 Å². The SMILES string of the molecule is CCN(C(=O)C(C)OC(=O)C1(O)CCSCC1)C1CCS(=O)(=O)C1. The van der Waals surface area contributed by atoms with Crippen molar-refractivity contribution in [3.05, 3.63) is 0 Å². The van der Waals surface area contributed by atoms with E-state index in [1.54, 1.807) is 18.7 Å². The maximum atomic E-state index is 12.6. The second kappa shape index (κ2) is 7.61. The monoisotopic (exact) mass is 379 g/mol. The molecule has 24 heavy (non-hydrogen) atoms. The number of ether oxygens (including phenoxy) is 1. The van der Waals surface area contributed by atoms with Gasteiger partial charge in [-0.1, -0.05) is 0 Å². The van der Waals surface area contributed by atoms with Gasteiger partial charge in [0.2, 0.25) is 0 Å². The van der Waals surface area contributed by atoms with E-state index in [1.165, 1.54) is 11.8 Å². The van der Waals surface area contributed by atoms with Gasteiger partial charge in [0.05, 0.1) is 11.5 Å². The number of nitrogens with zero attached hydrogens (tertiary/aromatic N) is 1. The summed E-state index contributed by atoms with van der Waals surface area (Å²) >= 11 is 1.67. The Labute approximate surface area is 147 Å². The Bertz CT molecular complexity index is 585. The van der Waals surface area contributed by atoms with Crippen molar-refractivity contribution < 1.29 is 27.9 Å². The number of hydrogen-bond acceptors (Lipinski definition) is 7. The number of amides is 1. The number of sulfone groups is 1. The number of thioether (sulfide) groups is 1. The van der Waals surface area contributed by atoms with Crippen LogP contribution in [0.5, 0.6) is 0 Å². The number of carbonyl (C=O) groups excluding carboxylic acids is 2. The number of carbonyl (C=O) groups is 2. The van der Waals surface area contributed by atoms with E-state index in [2.05, 4.69) is 0 Å². The molecule has 0 radical (unpaired) electrons. The molecule has 0 spiro atoms. The van der Waals surface area contributed by atoms with Gasteiger partial charge in [-0.15, -0.1) is 0 Å². The molecule has 2 saturated heterocycles. The van der Waals surface area contributed by atoms with Crippen LogP contribution in [-0.4, -0.2) is 77.6 Å². The fourth-order valence-electron chi connectivity index (χ4n) is 3.08. The summed E-state index contributed by atoms with van der Waals surface area (Å²) in [5, 5.41) is 10.4. The molecule has 2 atom stereocenters. The lowest BCUT2D eigenvalue weighted by Gasteiger charge is -2.32. The van der Waals surface area contributed by atoms with Crippen LogP contribution >= 0.6 is 11.8 Å². The third kappa shape index (κ3) is 4.43. The lowest BCUT2D eigenvalue weighted by Crippen LogP contribution is -2.49. The van der Waals surface area contributed by atoms with Crippen LogP contribution in [0.3, 0.4) is 0 Å². The Morgan fingerprint density at radius 1 is 1.38 bits per heavy atom. The molecule has 2 rings (SSSR count). The maximum absolute atomic E-state index is 12.6. The van der Waals surface area contributed by atoms with Gasteiger partial charge in [-0.2, -0.15) is 11.8 Å². The molecular weight excluding hydrogens is 354 g/mol. The Hall–Kier alpha value is -0.800. The Kier molecular flexibility index (Phi) is 6.19. The summed E-state index contributed by atoms with van der Waals surface area (Å²) in [7, 11) is -3.10. The maximum Gasteiger partial charge on any atom is 0.338 e. The minimum absolute atomic E-state index is 0.0472. The van der Waals surface area contributed by atoms with Crippen LogP contribution < -0.4 is 0 Å². The zero-order chi connectivity index (χ0) is 18.0. The van der Waals surface area contributed by atoms with Crippen LogP contribution in [0, 0.1) is 0 Å². The van der Waals surface area contributed by atoms with E-state index in [-0.39, 0.29) is 17.5 Å². The van der Waals surface area contributed by atoms with Gasteiger partial charge in [0.1, 0.15) is 0 Å². The van der Waals surface area contributed by atoms with Crippen LogP contribution in [0.1, 0.15) is 33.1 Å². The van der Waals surface area contributed by atoms with Crippen LogP contribution in [-0.2, 0) is 24.2 Å². The lowest BCUT2D eigenvalue weighted by molar-refractivity contribution is -0.176. The highest BCUT2D eigenvalue weighted by Crippen LogP contribution is 2.28. The normalized spacial score (nSPS) is 26.5. The minimum atomic E-state index is -3.10. The van der Waals surface area contributed by atoms with Gasteiger partial charge in [0.25, 0.3) is 5.91 Å². The molecule has 0 saturated carbocycles. The molecule has 0 aromatic carbocycles. The van der Waals surface area contributed by atoms with E-state index >= 15 is 0 Å². The summed E-state index contributed by atoms with van der Waals surface area (Å²) < 4.78 is 28.5. The summed E-state index contributed by atoms with van der Waals surface area (Å²) in [6.45, 7) is 3.58. The third-order valence-electron chi connectivity index (χ3n) is 4.60. The van der Waals surface area contributed by atoms with Crippen molar-refractivity contribution in [2.24, 2.45) is 0 Å². The largest absolute Gasteiger partial charge is 0.450 e. The van der Waals surface area contributed by atoms with Gasteiger partial charge in [0, 0.05) is 12.6 Å². The number of aliphatic hydroxyl groups is 1. The van der Waals surface area contributed by atoms with Crippen LogP contribution in [0.15, 0.2) is 0 Å². The first-order chi connectivity index (χ1) is 11.2. The van der Waals surface area contributed by atoms with Gasteiger partial charge in [0.15, 0.2) is 21.5 Å². The van der Waals surface area contributed by atoms with Gasteiger partial charge in [-0.3, -0.25) is 4.79 Å². The highest BCUT2D eigenvalue weighted by atomic mass is 32.2. The van der Waals surface area contributed by atoms with E-state index < -0.39 is 33.4 Å². The van der Waals surface area contributed by atoms with Crippen molar-refractivity contribution >= 4 is 33.5 Å². The molecule has 0 aromatic heterocycles. The zero-order valence-electron chi connectivity index (χ0n) is 14.1. The summed E-state index contributed by atoms with van der Waals surface area (Å²) in [4.78, 5) is 26.2.